The van der Waals surface area contributed by atoms with E-state index in [9.17, 15) is 0 Å². The smallest absolute Gasteiger partial charge is 0.141 e. The Morgan fingerprint density at radius 1 is 0.885 bits per heavy atom. The topological polar surface area (TPSA) is 32.3 Å². The fraction of sp³-hybridized carbons (Fsp3) is 0.714. The van der Waals surface area contributed by atoms with Crippen LogP contribution in [0.1, 0.15) is 67.1 Å². The molecule has 6 rings (SSSR count). The van der Waals surface area contributed by atoms with E-state index in [0.717, 1.165) is 18.4 Å². The summed E-state index contributed by atoms with van der Waals surface area (Å²) in [5.74, 6) is 3.07. The molecule has 0 radical (unpaired) electrons. The predicted octanol–water partition coefficient (Wildman–Crippen LogP) is 4.12. The largest absolute Gasteiger partial charge is 0.354 e. The summed E-state index contributed by atoms with van der Waals surface area (Å²) < 4.78 is 0. The van der Waals surface area contributed by atoms with Crippen molar-refractivity contribution in [3.63, 3.8) is 0 Å². The minimum Gasteiger partial charge on any atom is -0.354 e. The maximum atomic E-state index is 5.23. The van der Waals surface area contributed by atoms with Crippen LogP contribution >= 0.6 is 11.3 Å². The summed E-state index contributed by atoms with van der Waals surface area (Å²) >= 11 is 1.97. The molecule has 138 valence electrons. The molecule has 4 aliphatic rings. The van der Waals surface area contributed by atoms with Crippen LogP contribution in [0.5, 0.6) is 0 Å². The molecule has 2 aromatic heterocycles. The number of rotatable bonds is 2. The second kappa shape index (κ2) is 6.16. The zero-order valence-corrected chi connectivity index (χ0v) is 16.4. The molecule has 3 fully saturated rings. The summed E-state index contributed by atoms with van der Waals surface area (Å²) in [5.41, 5.74) is 1.60. The lowest BCUT2D eigenvalue weighted by Crippen LogP contribution is -2.37. The lowest BCUT2D eigenvalue weighted by molar-refractivity contribution is 0.273. The third kappa shape index (κ3) is 2.58. The predicted molar refractivity (Wildman–Crippen MR) is 107 cm³/mol. The summed E-state index contributed by atoms with van der Waals surface area (Å²) in [7, 11) is 0. The zero-order valence-electron chi connectivity index (χ0n) is 15.5. The number of hydrogen-bond acceptors (Lipinski definition) is 5. The molecule has 26 heavy (non-hydrogen) atoms. The average molecular weight is 369 g/mol. The molecular formula is C21H28N4S. The van der Waals surface area contributed by atoms with Gasteiger partial charge in [-0.25, -0.2) is 9.97 Å². The van der Waals surface area contributed by atoms with Gasteiger partial charge in [-0.05, 0) is 69.9 Å². The van der Waals surface area contributed by atoms with Crippen LogP contribution in [0.2, 0.25) is 0 Å². The van der Waals surface area contributed by atoms with Crippen molar-refractivity contribution >= 4 is 27.4 Å². The lowest BCUT2D eigenvalue weighted by Gasteiger charge is -2.27. The van der Waals surface area contributed by atoms with Crippen LogP contribution in [0.4, 0.5) is 5.82 Å². The molecule has 0 amide bonds. The average Bonchev–Trinajstić information content (AvgIpc) is 3.37. The number of anilines is 1. The van der Waals surface area contributed by atoms with Gasteiger partial charge in [0, 0.05) is 36.5 Å². The van der Waals surface area contributed by atoms with E-state index in [0.29, 0.717) is 5.92 Å². The van der Waals surface area contributed by atoms with E-state index < -0.39 is 0 Å². The summed E-state index contributed by atoms with van der Waals surface area (Å²) in [6.45, 7) is 4.90. The summed E-state index contributed by atoms with van der Waals surface area (Å²) in [6, 6.07) is 0.737. The Balaban J connectivity index is 1.48. The molecule has 0 aromatic carbocycles. The molecule has 4 heterocycles. The number of aryl methyl sites for hydroxylation is 2. The third-order valence-corrected chi connectivity index (χ3v) is 8.04. The SMILES string of the molecule is C1CCc2c(sc3nc(C4CC4)nc(N4CCCN5CCCC5C4)c23)C1. The first kappa shape index (κ1) is 15.8. The van der Waals surface area contributed by atoms with E-state index in [1.54, 1.807) is 10.4 Å². The molecule has 1 unspecified atom stereocenters. The lowest BCUT2D eigenvalue weighted by atomic mass is 9.96. The van der Waals surface area contributed by atoms with Gasteiger partial charge in [-0.3, -0.25) is 4.90 Å². The maximum absolute atomic E-state index is 5.23. The van der Waals surface area contributed by atoms with Crippen LogP contribution in [0.3, 0.4) is 0 Å². The van der Waals surface area contributed by atoms with Gasteiger partial charge in [-0.15, -0.1) is 11.3 Å². The quantitative estimate of drug-likeness (QED) is 0.798. The van der Waals surface area contributed by atoms with Crippen molar-refractivity contribution in [1.29, 1.82) is 0 Å². The summed E-state index contributed by atoms with van der Waals surface area (Å²) in [5, 5.41) is 1.43. The summed E-state index contributed by atoms with van der Waals surface area (Å²) in [4.78, 5) is 18.5. The minimum absolute atomic E-state index is 0.632. The Morgan fingerprint density at radius 2 is 1.77 bits per heavy atom. The highest BCUT2D eigenvalue weighted by Gasteiger charge is 2.33. The van der Waals surface area contributed by atoms with E-state index in [-0.39, 0.29) is 0 Å². The first-order valence-corrected chi connectivity index (χ1v) is 11.5. The summed E-state index contributed by atoms with van der Waals surface area (Å²) in [6.07, 6.45) is 11.7. The zero-order chi connectivity index (χ0) is 17.1. The van der Waals surface area contributed by atoms with Gasteiger partial charge in [0.05, 0.1) is 5.39 Å². The van der Waals surface area contributed by atoms with Crippen molar-refractivity contribution in [2.24, 2.45) is 0 Å². The Morgan fingerprint density at radius 3 is 2.69 bits per heavy atom. The monoisotopic (exact) mass is 368 g/mol. The minimum atomic E-state index is 0.632. The highest BCUT2D eigenvalue weighted by molar-refractivity contribution is 7.19. The fourth-order valence-electron chi connectivity index (χ4n) is 5.31. The number of hydrogen-bond donors (Lipinski definition) is 0. The van der Waals surface area contributed by atoms with Gasteiger partial charge in [0.2, 0.25) is 0 Å². The molecule has 2 saturated heterocycles. The van der Waals surface area contributed by atoms with Gasteiger partial charge >= 0.3 is 0 Å². The van der Waals surface area contributed by atoms with Crippen LogP contribution in [0.15, 0.2) is 0 Å². The molecule has 1 atom stereocenters. The number of thiophene rings is 1. The maximum Gasteiger partial charge on any atom is 0.141 e. The van der Waals surface area contributed by atoms with Crippen molar-refractivity contribution in [1.82, 2.24) is 14.9 Å². The van der Waals surface area contributed by atoms with E-state index in [1.807, 2.05) is 11.3 Å². The molecule has 0 bridgehead atoms. The highest BCUT2D eigenvalue weighted by Crippen LogP contribution is 2.44. The van der Waals surface area contributed by atoms with Crippen LogP contribution in [-0.4, -0.2) is 47.1 Å². The normalized spacial score (nSPS) is 26.8. The number of nitrogens with zero attached hydrogens (tertiary/aromatic N) is 4. The van der Waals surface area contributed by atoms with Crippen molar-refractivity contribution in [2.75, 3.05) is 31.1 Å². The van der Waals surface area contributed by atoms with E-state index in [2.05, 4.69) is 9.80 Å². The molecule has 0 spiro atoms. The van der Waals surface area contributed by atoms with Crippen LogP contribution in [0.25, 0.3) is 10.2 Å². The fourth-order valence-corrected chi connectivity index (χ4v) is 6.57. The molecule has 4 nitrogen and oxygen atoms in total. The van der Waals surface area contributed by atoms with Crippen molar-refractivity contribution in [2.45, 2.75) is 69.7 Å². The van der Waals surface area contributed by atoms with E-state index in [1.165, 1.54) is 93.5 Å². The van der Waals surface area contributed by atoms with Crippen molar-refractivity contribution in [3.8, 4) is 0 Å². The van der Waals surface area contributed by atoms with Gasteiger partial charge in [0.1, 0.15) is 16.5 Å². The molecule has 0 N–H and O–H groups in total. The Kier molecular flexibility index (Phi) is 3.75. The Bertz CT molecular complexity index is 840. The van der Waals surface area contributed by atoms with E-state index >= 15 is 0 Å². The van der Waals surface area contributed by atoms with Gasteiger partial charge in [0.25, 0.3) is 0 Å². The van der Waals surface area contributed by atoms with Crippen LogP contribution in [0, 0.1) is 0 Å². The highest BCUT2D eigenvalue weighted by atomic mass is 32.1. The number of fused-ring (bicyclic) bond motifs is 4. The standard InChI is InChI=1S/C21H28N4S/c1-2-7-17-16(6-1)18-20(22-19(14-8-9-14)23-21(18)26-17)25-12-4-11-24-10-3-5-15(24)13-25/h14-15H,1-13H2. The van der Waals surface area contributed by atoms with Gasteiger partial charge < -0.3 is 4.90 Å². The molecule has 2 aliphatic carbocycles. The van der Waals surface area contributed by atoms with Crippen molar-refractivity contribution < 1.29 is 0 Å². The Labute approximate surface area is 159 Å². The second-order valence-electron chi connectivity index (χ2n) is 8.70. The van der Waals surface area contributed by atoms with Crippen molar-refractivity contribution in [3.05, 3.63) is 16.3 Å². The first-order valence-electron chi connectivity index (χ1n) is 10.7. The van der Waals surface area contributed by atoms with Crippen LogP contribution in [-0.2, 0) is 12.8 Å². The number of aromatic nitrogens is 2. The Hall–Kier alpha value is -1.20. The van der Waals surface area contributed by atoms with Gasteiger partial charge in [0.15, 0.2) is 0 Å². The first-order chi connectivity index (χ1) is 12.9. The molecule has 5 heteroatoms. The van der Waals surface area contributed by atoms with Gasteiger partial charge in [-0.1, -0.05) is 0 Å². The van der Waals surface area contributed by atoms with Crippen LogP contribution < -0.4 is 4.90 Å². The van der Waals surface area contributed by atoms with Gasteiger partial charge in [-0.2, -0.15) is 0 Å². The van der Waals surface area contributed by atoms with E-state index in [4.69, 9.17) is 9.97 Å². The molecular weight excluding hydrogens is 340 g/mol. The molecule has 2 aliphatic heterocycles. The second-order valence-corrected chi connectivity index (χ2v) is 9.79. The molecule has 1 saturated carbocycles. The third-order valence-electron chi connectivity index (χ3n) is 6.86. The molecule has 2 aromatic rings.